The molecule has 0 saturated carbocycles. The van der Waals surface area contributed by atoms with Gasteiger partial charge in [-0.15, -0.1) is 0 Å². The molecule has 0 radical (unpaired) electrons. The Morgan fingerprint density at radius 1 is 0.462 bits per heavy atom. The van der Waals surface area contributed by atoms with Crippen LogP contribution in [0.5, 0.6) is 0 Å². The minimum absolute atomic E-state index is 0.453. The molecule has 4 aromatic heterocycles. The summed E-state index contributed by atoms with van der Waals surface area (Å²) < 4.78 is 4.62. The standard InChI is InChI=1S/C45H27N7/c46-28-31-14-7-8-17-34(31)44-49-42(29-12-3-1-4-13-29)48-43(50-44)30-21-23-33(24-22-30)52-41-35(36-19-11-27-47-45(36)52)25-26-39-40(41)37-18-9-10-20-38(37)51(39)32-15-5-2-6-16-32/h1-27H. The highest BCUT2D eigenvalue weighted by Gasteiger charge is 2.21. The Morgan fingerprint density at radius 3 is 1.88 bits per heavy atom. The van der Waals surface area contributed by atoms with Crippen molar-refractivity contribution in [3.63, 3.8) is 0 Å². The lowest BCUT2D eigenvalue weighted by Crippen LogP contribution is -2.01. The van der Waals surface area contributed by atoms with Gasteiger partial charge in [0, 0.05) is 55.8 Å². The van der Waals surface area contributed by atoms with Gasteiger partial charge in [0.2, 0.25) is 0 Å². The maximum Gasteiger partial charge on any atom is 0.165 e. The molecule has 0 saturated heterocycles. The zero-order valence-electron chi connectivity index (χ0n) is 27.7. The fourth-order valence-corrected chi connectivity index (χ4v) is 7.37. The lowest BCUT2D eigenvalue weighted by Gasteiger charge is -2.11. The number of benzene rings is 6. The Labute approximate surface area is 298 Å². The highest BCUT2D eigenvalue weighted by molar-refractivity contribution is 6.25. The molecule has 0 bridgehead atoms. The number of hydrogen-bond acceptors (Lipinski definition) is 5. The summed E-state index contributed by atoms with van der Waals surface area (Å²) in [5.41, 5.74) is 9.22. The van der Waals surface area contributed by atoms with Gasteiger partial charge in [0.15, 0.2) is 17.5 Å². The largest absolute Gasteiger partial charge is 0.309 e. The molecular formula is C45H27N7. The smallest absolute Gasteiger partial charge is 0.165 e. The fraction of sp³-hybridized carbons (Fsp3) is 0. The van der Waals surface area contributed by atoms with Gasteiger partial charge < -0.3 is 4.57 Å². The fourth-order valence-electron chi connectivity index (χ4n) is 7.37. The van der Waals surface area contributed by atoms with E-state index in [9.17, 15) is 5.26 Å². The first-order valence-corrected chi connectivity index (χ1v) is 17.1. The van der Waals surface area contributed by atoms with Crippen LogP contribution in [0.25, 0.3) is 89.3 Å². The third kappa shape index (κ3) is 4.59. The number of pyridine rings is 1. The van der Waals surface area contributed by atoms with Crippen LogP contribution in [-0.4, -0.2) is 29.1 Å². The molecule has 0 N–H and O–H groups in total. The number of nitrogens with zero attached hydrogens (tertiary/aromatic N) is 7. The monoisotopic (exact) mass is 665 g/mol. The summed E-state index contributed by atoms with van der Waals surface area (Å²) >= 11 is 0. The van der Waals surface area contributed by atoms with Gasteiger partial charge in [-0.1, -0.05) is 84.9 Å². The van der Waals surface area contributed by atoms with Crippen LogP contribution >= 0.6 is 0 Å². The van der Waals surface area contributed by atoms with Crippen molar-refractivity contribution in [2.45, 2.75) is 0 Å². The molecule has 6 aromatic carbocycles. The summed E-state index contributed by atoms with van der Waals surface area (Å²) in [5, 5.41) is 14.5. The van der Waals surface area contributed by atoms with Crippen molar-refractivity contribution in [3.05, 3.63) is 169 Å². The SMILES string of the molecule is N#Cc1ccccc1-c1nc(-c2ccccc2)nc(-c2ccc(-n3c4ncccc4c4ccc5c(c6ccccc6n5-c5ccccc5)c43)cc2)n1. The molecule has 0 fully saturated rings. The normalized spacial score (nSPS) is 11.4. The highest BCUT2D eigenvalue weighted by Crippen LogP contribution is 2.41. The maximum absolute atomic E-state index is 9.88. The quantitative estimate of drug-likeness (QED) is 0.183. The van der Waals surface area contributed by atoms with Crippen LogP contribution in [0.2, 0.25) is 0 Å². The summed E-state index contributed by atoms with van der Waals surface area (Å²) in [4.78, 5) is 19.6. The predicted octanol–water partition coefficient (Wildman–Crippen LogP) is 10.3. The van der Waals surface area contributed by atoms with Gasteiger partial charge in [-0.3, -0.25) is 4.57 Å². The number of aromatic nitrogens is 6. The van der Waals surface area contributed by atoms with E-state index in [1.165, 1.54) is 10.8 Å². The number of fused-ring (bicyclic) bond motifs is 7. The van der Waals surface area contributed by atoms with Crippen molar-refractivity contribution in [2.24, 2.45) is 0 Å². The third-order valence-corrected chi connectivity index (χ3v) is 9.68. The van der Waals surface area contributed by atoms with Crippen LogP contribution < -0.4 is 0 Å². The Bertz CT molecular complexity index is 3010. The van der Waals surface area contributed by atoms with Crippen LogP contribution in [0.1, 0.15) is 5.56 Å². The van der Waals surface area contributed by atoms with E-state index in [-0.39, 0.29) is 0 Å². The molecule has 0 spiro atoms. The molecule has 52 heavy (non-hydrogen) atoms. The molecule has 0 atom stereocenters. The highest BCUT2D eigenvalue weighted by atomic mass is 15.1. The maximum atomic E-state index is 9.88. The van der Waals surface area contributed by atoms with E-state index in [0.717, 1.165) is 55.5 Å². The van der Waals surface area contributed by atoms with E-state index in [1.807, 2.05) is 79.0 Å². The minimum atomic E-state index is 0.453. The van der Waals surface area contributed by atoms with Crippen LogP contribution in [0, 0.1) is 11.3 Å². The first kappa shape index (κ1) is 29.5. The van der Waals surface area contributed by atoms with Crippen molar-refractivity contribution in [2.75, 3.05) is 0 Å². The molecule has 0 aliphatic carbocycles. The molecule has 10 aromatic rings. The van der Waals surface area contributed by atoms with Crippen LogP contribution in [0.4, 0.5) is 0 Å². The number of rotatable bonds is 5. The summed E-state index contributed by atoms with van der Waals surface area (Å²) in [6, 6.07) is 55.6. The second-order valence-electron chi connectivity index (χ2n) is 12.6. The summed E-state index contributed by atoms with van der Waals surface area (Å²) in [7, 11) is 0. The van der Waals surface area contributed by atoms with E-state index in [4.69, 9.17) is 19.9 Å². The van der Waals surface area contributed by atoms with Crippen LogP contribution in [0.15, 0.2) is 164 Å². The van der Waals surface area contributed by atoms with Gasteiger partial charge in [0.05, 0.1) is 28.2 Å². The van der Waals surface area contributed by atoms with E-state index in [2.05, 4.69) is 94.1 Å². The Balaban J connectivity index is 1.19. The minimum Gasteiger partial charge on any atom is -0.309 e. The molecule has 4 heterocycles. The predicted molar refractivity (Wildman–Crippen MR) is 207 cm³/mol. The summed E-state index contributed by atoms with van der Waals surface area (Å²) in [5.74, 6) is 1.52. The van der Waals surface area contributed by atoms with Crippen molar-refractivity contribution in [3.8, 4) is 51.6 Å². The Hall–Kier alpha value is -7.43. The molecule has 0 aliphatic rings. The number of nitriles is 1. The van der Waals surface area contributed by atoms with Gasteiger partial charge in [0.25, 0.3) is 0 Å². The van der Waals surface area contributed by atoms with Gasteiger partial charge in [-0.05, 0) is 72.8 Å². The molecule has 0 amide bonds. The van der Waals surface area contributed by atoms with Gasteiger partial charge in [-0.2, -0.15) is 5.26 Å². The second kappa shape index (κ2) is 11.9. The number of hydrogen-bond donors (Lipinski definition) is 0. The summed E-state index contributed by atoms with van der Waals surface area (Å²) in [6.07, 6.45) is 1.85. The third-order valence-electron chi connectivity index (χ3n) is 9.68. The molecule has 7 heteroatoms. The first-order chi connectivity index (χ1) is 25.8. The molecule has 7 nitrogen and oxygen atoms in total. The molecular weight excluding hydrogens is 639 g/mol. The lowest BCUT2D eigenvalue weighted by molar-refractivity contribution is 1.07. The molecule has 242 valence electrons. The first-order valence-electron chi connectivity index (χ1n) is 17.1. The van der Waals surface area contributed by atoms with Crippen LogP contribution in [-0.2, 0) is 0 Å². The molecule has 10 rings (SSSR count). The lowest BCUT2D eigenvalue weighted by atomic mass is 10.1. The molecule has 0 aliphatic heterocycles. The van der Waals surface area contributed by atoms with Crippen molar-refractivity contribution in [1.29, 1.82) is 5.26 Å². The zero-order chi connectivity index (χ0) is 34.6. The topological polar surface area (TPSA) is 85.2 Å². The van der Waals surface area contributed by atoms with Gasteiger partial charge in [-0.25, -0.2) is 19.9 Å². The van der Waals surface area contributed by atoms with Crippen LogP contribution in [0.3, 0.4) is 0 Å². The molecule has 0 unspecified atom stereocenters. The van der Waals surface area contributed by atoms with Crippen molar-refractivity contribution >= 4 is 43.7 Å². The second-order valence-corrected chi connectivity index (χ2v) is 12.6. The van der Waals surface area contributed by atoms with E-state index < -0.39 is 0 Å². The van der Waals surface area contributed by atoms with Gasteiger partial charge >= 0.3 is 0 Å². The average molecular weight is 666 g/mol. The van der Waals surface area contributed by atoms with Crippen molar-refractivity contribution in [1.82, 2.24) is 29.1 Å². The zero-order valence-corrected chi connectivity index (χ0v) is 27.7. The van der Waals surface area contributed by atoms with E-state index in [1.54, 1.807) is 6.07 Å². The Kier molecular flexibility index (Phi) is 6.73. The summed E-state index contributed by atoms with van der Waals surface area (Å²) in [6.45, 7) is 0. The average Bonchev–Trinajstić information content (AvgIpc) is 3.74. The number of para-hydroxylation sites is 2. The van der Waals surface area contributed by atoms with E-state index >= 15 is 0 Å². The van der Waals surface area contributed by atoms with E-state index in [0.29, 0.717) is 28.6 Å². The van der Waals surface area contributed by atoms with Gasteiger partial charge in [0.1, 0.15) is 5.65 Å². The Morgan fingerprint density at radius 2 is 1.10 bits per heavy atom. The van der Waals surface area contributed by atoms with Crippen molar-refractivity contribution < 1.29 is 0 Å².